The van der Waals surface area contributed by atoms with Gasteiger partial charge in [0.1, 0.15) is 0 Å². The average Bonchev–Trinajstić information content (AvgIpc) is 2.95. The van der Waals surface area contributed by atoms with E-state index in [9.17, 15) is 4.79 Å². The fourth-order valence-electron chi connectivity index (χ4n) is 2.95. The SMILES string of the molecule is O=C1CCCc2c1ccn2CCC1CCCO1. The Balaban J connectivity index is 1.68. The number of carbonyl (C=O) groups is 1. The normalized spacial score (nSPS) is 24.0. The van der Waals surface area contributed by atoms with Gasteiger partial charge in [-0.1, -0.05) is 0 Å². The van der Waals surface area contributed by atoms with Gasteiger partial charge in [0.05, 0.1) is 6.10 Å². The first-order chi connectivity index (χ1) is 8.34. The van der Waals surface area contributed by atoms with Gasteiger partial charge in [-0.25, -0.2) is 0 Å². The Hall–Kier alpha value is -1.09. The van der Waals surface area contributed by atoms with Crippen LogP contribution in [0.1, 0.15) is 48.2 Å². The topological polar surface area (TPSA) is 31.2 Å². The Morgan fingerprint density at radius 3 is 3.12 bits per heavy atom. The minimum atomic E-state index is 0.321. The number of carbonyl (C=O) groups excluding carboxylic acids is 1. The maximum absolute atomic E-state index is 11.7. The fourth-order valence-corrected chi connectivity index (χ4v) is 2.95. The van der Waals surface area contributed by atoms with Crippen molar-refractivity contribution in [3.8, 4) is 0 Å². The van der Waals surface area contributed by atoms with Gasteiger partial charge < -0.3 is 9.30 Å². The molecule has 0 amide bonds. The monoisotopic (exact) mass is 233 g/mol. The molecular formula is C14H19NO2. The summed E-state index contributed by atoms with van der Waals surface area (Å²) in [6.07, 6.45) is 8.78. The van der Waals surface area contributed by atoms with Crippen molar-refractivity contribution >= 4 is 5.78 Å². The van der Waals surface area contributed by atoms with Gasteiger partial charge in [0.2, 0.25) is 0 Å². The van der Waals surface area contributed by atoms with E-state index in [1.54, 1.807) is 0 Å². The van der Waals surface area contributed by atoms with Gasteiger partial charge in [0.25, 0.3) is 0 Å². The maximum Gasteiger partial charge on any atom is 0.164 e. The third kappa shape index (κ3) is 2.16. The van der Waals surface area contributed by atoms with E-state index in [2.05, 4.69) is 10.8 Å². The predicted octanol–water partition coefficient (Wildman–Crippen LogP) is 2.58. The first kappa shape index (κ1) is 11.0. The second-order valence-corrected chi connectivity index (χ2v) is 5.07. The third-order valence-corrected chi connectivity index (χ3v) is 3.91. The molecule has 1 aromatic heterocycles. The standard InChI is InChI=1S/C14H19NO2/c16-14-5-1-4-13-12(14)7-9-15(13)8-6-11-3-2-10-17-11/h7,9,11H,1-6,8,10H2. The summed E-state index contributed by atoms with van der Waals surface area (Å²) in [5.41, 5.74) is 2.21. The Kier molecular flexibility index (Phi) is 3.02. The molecule has 1 fully saturated rings. The molecule has 0 radical (unpaired) electrons. The molecule has 1 unspecified atom stereocenters. The molecule has 0 saturated carbocycles. The molecule has 17 heavy (non-hydrogen) atoms. The van der Waals surface area contributed by atoms with Crippen molar-refractivity contribution in [1.82, 2.24) is 4.57 Å². The summed E-state index contributed by atoms with van der Waals surface area (Å²) in [5.74, 6) is 0.321. The van der Waals surface area contributed by atoms with Crippen molar-refractivity contribution in [1.29, 1.82) is 0 Å². The van der Waals surface area contributed by atoms with Crippen LogP contribution in [-0.4, -0.2) is 23.1 Å². The zero-order valence-electron chi connectivity index (χ0n) is 10.2. The average molecular weight is 233 g/mol. The second-order valence-electron chi connectivity index (χ2n) is 5.07. The number of hydrogen-bond donors (Lipinski definition) is 0. The van der Waals surface area contributed by atoms with Gasteiger partial charge in [-0.3, -0.25) is 4.79 Å². The lowest BCUT2D eigenvalue weighted by atomic mass is 9.97. The molecule has 1 atom stereocenters. The molecule has 0 aromatic carbocycles. The molecule has 2 aliphatic rings. The van der Waals surface area contributed by atoms with E-state index in [1.807, 2.05) is 6.07 Å². The third-order valence-electron chi connectivity index (χ3n) is 3.91. The van der Waals surface area contributed by atoms with Crippen molar-refractivity contribution in [2.45, 2.75) is 51.2 Å². The lowest BCUT2D eigenvalue weighted by molar-refractivity contribution is 0.0969. The molecule has 3 nitrogen and oxygen atoms in total. The van der Waals surface area contributed by atoms with Crippen LogP contribution in [0.2, 0.25) is 0 Å². The van der Waals surface area contributed by atoms with Gasteiger partial charge in [0.15, 0.2) is 5.78 Å². The summed E-state index contributed by atoms with van der Waals surface area (Å²) in [6.45, 7) is 1.92. The molecule has 3 heteroatoms. The number of rotatable bonds is 3. The largest absolute Gasteiger partial charge is 0.378 e. The van der Waals surface area contributed by atoms with E-state index >= 15 is 0 Å². The van der Waals surface area contributed by atoms with Crippen LogP contribution >= 0.6 is 0 Å². The van der Waals surface area contributed by atoms with Gasteiger partial charge in [-0.15, -0.1) is 0 Å². The summed E-state index contributed by atoms with van der Waals surface area (Å²) in [6, 6.07) is 1.99. The van der Waals surface area contributed by atoms with Crippen molar-refractivity contribution < 1.29 is 9.53 Å². The Morgan fingerprint density at radius 1 is 1.35 bits per heavy atom. The van der Waals surface area contributed by atoms with Crippen LogP contribution in [0.25, 0.3) is 0 Å². The Morgan fingerprint density at radius 2 is 2.29 bits per heavy atom. The summed E-state index contributed by atoms with van der Waals surface area (Å²) >= 11 is 0. The van der Waals surface area contributed by atoms with Gasteiger partial charge >= 0.3 is 0 Å². The minimum Gasteiger partial charge on any atom is -0.378 e. The predicted molar refractivity (Wildman–Crippen MR) is 65.3 cm³/mol. The molecule has 0 bridgehead atoms. The quantitative estimate of drug-likeness (QED) is 0.803. The summed E-state index contributed by atoms with van der Waals surface area (Å²) in [4.78, 5) is 11.7. The zero-order chi connectivity index (χ0) is 11.7. The molecule has 1 aromatic rings. The molecule has 3 rings (SSSR count). The number of nitrogens with zero attached hydrogens (tertiary/aromatic N) is 1. The van der Waals surface area contributed by atoms with Gasteiger partial charge in [0, 0.05) is 37.0 Å². The molecule has 1 aliphatic heterocycles. The lowest BCUT2D eigenvalue weighted by Gasteiger charge is -2.16. The summed E-state index contributed by atoms with van der Waals surface area (Å²) in [5, 5.41) is 0. The highest BCUT2D eigenvalue weighted by Crippen LogP contribution is 2.23. The van der Waals surface area contributed by atoms with E-state index in [0.29, 0.717) is 11.9 Å². The lowest BCUT2D eigenvalue weighted by Crippen LogP contribution is -2.15. The van der Waals surface area contributed by atoms with Crippen molar-refractivity contribution in [3.05, 3.63) is 23.5 Å². The second kappa shape index (κ2) is 4.65. The van der Waals surface area contributed by atoms with E-state index in [1.165, 1.54) is 18.5 Å². The number of ketones is 1. The van der Waals surface area contributed by atoms with Gasteiger partial charge in [-0.2, -0.15) is 0 Å². The van der Waals surface area contributed by atoms with Crippen LogP contribution in [0.5, 0.6) is 0 Å². The number of aromatic nitrogens is 1. The van der Waals surface area contributed by atoms with E-state index in [-0.39, 0.29) is 0 Å². The Labute approximate surface area is 102 Å². The summed E-state index contributed by atoms with van der Waals surface area (Å²) in [7, 11) is 0. The van der Waals surface area contributed by atoms with Crippen LogP contribution in [0.3, 0.4) is 0 Å². The molecular weight excluding hydrogens is 214 g/mol. The molecule has 2 heterocycles. The first-order valence-corrected chi connectivity index (χ1v) is 6.67. The highest BCUT2D eigenvalue weighted by atomic mass is 16.5. The van der Waals surface area contributed by atoms with Crippen molar-refractivity contribution in [2.75, 3.05) is 6.61 Å². The molecule has 1 aliphatic carbocycles. The van der Waals surface area contributed by atoms with Crippen LogP contribution in [-0.2, 0) is 17.7 Å². The number of fused-ring (bicyclic) bond motifs is 1. The number of ether oxygens (including phenoxy) is 1. The molecule has 1 saturated heterocycles. The fraction of sp³-hybridized carbons (Fsp3) is 0.643. The summed E-state index contributed by atoms with van der Waals surface area (Å²) < 4.78 is 7.89. The Bertz CT molecular complexity index is 416. The van der Waals surface area contributed by atoms with Crippen molar-refractivity contribution in [2.24, 2.45) is 0 Å². The van der Waals surface area contributed by atoms with E-state index in [4.69, 9.17) is 4.74 Å². The number of aryl methyl sites for hydroxylation is 1. The zero-order valence-corrected chi connectivity index (χ0v) is 10.2. The van der Waals surface area contributed by atoms with Crippen LogP contribution in [0.15, 0.2) is 12.3 Å². The first-order valence-electron chi connectivity index (χ1n) is 6.67. The van der Waals surface area contributed by atoms with E-state index in [0.717, 1.165) is 44.4 Å². The van der Waals surface area contributed by atoms with Crippen LogP contribution in [0, 0.1) is 0 Å². The van der Waals surface area contributed by atoms with Crippen molar-refractivity contribution in [3.63, 3.8) is 0 Å². The highest BCUT2D eigenvalue weighted by molar-refractivity contribution is 5.98. The minimum absolute atomic E-state index is 0.321. The molecule has 92 valence electrons. The van der Waals surface area contributed by atoms with Gasteiger partial charge in [-0.05, 0) is 38.2 Å². The number of hydrogen-bond acceptors (Lipinski definition) is 2. The van der Waals surface area contributed by atoms with Crippen LogP contribution in [0.4, 0.5) is 0 Å². The highest BCUT2D eigenvalue weighted by Gasteiger charge is 2.21. The number of Topliss-reactive ketones (excluding diaryl/α,β-unsaturated/α-hetero) is 1. The maximum atomic E-state index is 11.7. The molecule has 0 N–H and O–H groups in total. The van der Waals surface area contributed by atoms with E-state index < -0.39 is 0 Å². The smallest absolute Gasteiger partial charge is 0.164 e. The van der Waals surface area contributed by atoms with Crippen LogP contribution < -0.4 is 0 Å². The molecule has 0 spiro atoms.